The average molecular weight is 269 g/mol. The maximum absolute atomic E-state index is 5.53. The van der Waals surface area contributed by atoms with Gasteiger partial charge in [-0.25, -0.2) is 0 Å². The zero-order chi connectivity index (χ0) is 13.0. The maximum Gasteiger partial charge on any atom is 0.168 e. The number of thiocarbonyl (C=S) groups is 1. The first-order valence-corrected chi connectivity index (χ1v) is 7.79. The highest BCUT2D eigenvalue weighted by molar-refractivity contribution is 7.80. The van der Waals surface area contributed by atoms with Crippen LogP contribution in [0.2, 0.25) is 0 Å². The summed E-state index contributed by atoms with van der Waals surface area (Å²) in [5, 5.41) is 4.49. The molecular formula is C14H27N3S. The van der Waals surface area contributed by atoms with Gasteiger partial charge in [-0.3, -0.25) is 0 Å². The first-order valence-electron chi connectivity index (χ1n) is 7.38. The lowest BCUT2D eigenvalue weighted by Crippen LogP contribution is -2.47. The van der Waals surface area contributed by atoms with Crippen molar-refractivity contribution < 1.29 is 0 Å². The number of hydrogen-bond donors (Lipinski definition) is 1. The molecule has 0 radical (unpaired) electrons. The van der Waals surface area contributed by atoms with Gasteiger partial charge in [-0.1, -0.05) is 19.3 Å². The third-order valence-electron chi connectivity index (χ3n) is 4.44. The molecule has 0 aromatic rings. The lowest BCUT2D eigenvalue weighted by molar-refractivity contribution is 0.264. The zero-order valence-electron chi connectivity index (χ0n) is 11.8. The van der Waals surface area contributed by atoms with E-state index in [2.05, 4.69) is 29.2 Å². The van der Waals surface area contributed by atoms with Crippen LogP contribution in [0, 0.1) is 0 Å². The van der Waals surface area contributed by atoms with Crippen LogP contribution in [0.15, 0.2) is 0 Å². The van der Waals surface area contributed by atoms with E-state index in [0.29, 0.717) is 12.1 Å². The molecule has 0 aromatic heterocycles. The van der Waals surface area contributed by atoms with Crippen LogP contribution in [0.4, 0.5) is 0 Å². The molecule has 1 saturated carbocycles. The van der Waals surface area contributed by atoms with Crippen molar-refractivity contribution in [3.63, 3.8) is 0 Å². The first-order chi connectivity index (χ1) is 8.66. The average Bonchev–Trinajstić information content (AvgIpc) is 2.76. The Labute approximate surface area is 117 Å². The number of hydrogen-bond acceptors (Lipinski definition) is 2. The second-order valence-electron chi connectivity index (χ2n) is 5.94. The Morgan fingerprint density at radius 1 is 1.22 bits per heavy atom. The molecule has 1 heterocycles. The highest BCUT2D eigenvalue weighted by Gasteiger charge is 2.23. The van der Waals surface area contributed by atoms with Crippen LogP contribution in [0.3, 0.4) is 0 Å². The van der Waals surface area contributed by atoms with E-state index in [0.717, 1.165) is 11.7 Å². The third-order valence-corrected chi connectivity index (χ3v) is 4.87. The fourth-order valence-electron chi connectivity index (χ4n) is 3.14. The van der Waals surface area contributed by atoms with Crippen LogP contribution in [-0.2, 0) is 0 Å². The van der Waals surface area contributed by atoms with Crippen LogP contribution in [0.1, 0.15) is 44.9 Å². The van der Waals surface area contributed by atoms with Crippen molar-refractivity contribution in [2.75, 3.05) is 27.2 Å². The van der Waals surface area contributed by atoms with Crippen LogP contribution >= 0.6 is 12.2 Å². The molecule has 0 aromatic carbocycles. The van der Waals surface area contributed by atoms with E-state index in [1.165, 1.54) is 51.5 Å². The molecular weight excluding hydrogens is 242 g/mol. The normalized spacial score (nSPS) is 26.2. The summed E-state index contributed by atoms with van der Waals surface area (Å²) in [6.07, 6.45) is 9.33. The van der Waals surface area contributed by atoms with Gasteiger partial charge in [-0.05, 0) is 51.5 Å². The molecule has 2 aliphatic rings. The Balaban J connectivity index is 1.73. The van der Waals surface area contributed by atoms with Gasteiger partial charge in [-0.2, -0.15) is 0 Å². The molecule has 18 heavy (non-hydrogen) atoms. The minimum atomic E-state index is 0.620. The van der Waals surface area contributed by atoms with Crippen molar-refractivity contribution >= 4 is 17.3 Å². The highest BCUT2D eigenvalue weighted by Crippen LogP contribution is 2.18. The molecule has 104 valence electrons. The number of nitrogens with zero attached hydrogens (tertiary/aromatic N) is 2. The SMILES string of the molecule is CN(CC1CCCN1C)C(=S)NC1CCCCC1. The van der Waals surface area contributed by atoms with Crippen LogP contribution in [-0.4, -0.2) is 54.2 Å². The van der Waals surface area contributed by atoms with Crippen molar-refractivity contribution in [1.29, 1.82) is 0 Å². The van der Waals surface area contributed by atoms with Gasteiger partial charge in [-0.15, -0.1) is 0 Å². The van der Waals surface area contributed by atoms with E-state index >= 15 is 0 Å². The number of nitrogens with one attached hydrogen (secondary N) is 1. The van der Waals surface area contributed by atoms with Gasteiger partial charge in [0.2, 0.25) is 0 Å². The maximum atomic E-state index is 5.53. The van der Waals surface area contributed by atoms with Crippen LogP contribution < -0.4 is 5.32 Å². The Morgan fingerprint density at radius 3 is 2.56 bits per heavy atom. The molecule has 3 nitrogen and oxygen atoms in total. The number of likely N-dealkylation sites (N-methyl/N-ethyl adjacent to an activating group) is 2. The van der Waals surface area contributed by atoms with E-state index < -0.39 is 0 Å². The van der Waals surface area contributed by atoms with Gasteiger partial charge in [0.25, 0.3) is 0 Å². The molecule has 1 saturated heterocycles. The quantitative estimate of drug-likeness (QED) is 0.792. The Kier molecular flexibility index (Phi) is 5.25. The molecule has 0 amide bonds. The van der Waals surface area contributed by atoms with E-state index in [4.69, 9.17) is 12.2 Å². The van der Waals surface area contributed by atoms with E-state index in [9.17, 15) is 0 Å². The summed E-state index contributed by atoms with van der Waals surface area (Å²) in [4.78, 5) is 4.69. The predicted octanol–water partition coefficient (Wildman–Crippen LogP) is 2.22. The fraction of sp³-hybridized carbons (Fsp3) is 0.929. The Bertz CT molecular complexity index is 276. The summed E-state index contributed by atoms with van der Waals surface area (Å²) in [7, 11) is 4.35. The van der Waals surface area contributed by atoms with Gasteiger partial charge in [0.05, 0.1) is 0 Å². The molecule has 1 atom stereocenters. The lowest BCUT2D eigenvalue weighted by atomic mass is 9.96. The van der Waals surface area contributed by atoms with Crippen molar-refractivity contribution in [3.8, 4) is 0 Å². The molecule has 4 heteroatoms. The summed E-state index contributed by atoms with van der Waals surface area (Å²) in [5.41, 5.74) is 0. The molecule has 1 aliphatic heterocycles. The number of likely N-dealkylation sites (tertiary alicyclic amines) is 1. The Morgan fingerprint density at radius 2 is 1.94 bits per heavy atom. The lowest BCUT2D eigenvalue weighted by Gasteiger charge is -2.31. The third kappa shape index (κ3) is 3.82. The molecule has 1 unspecified atom stereocenters. The Hall–Kier alpha value is -0.350. The summed E-state index contributed by atoms with van der Waals surface area (Å²) in [6.45, 7) is 2.30. The van der Waals surface area contributed by atoms with E-state index in [1.54, 1.807) is 0 Å². The van der Waals surface area contributed by atoms with Gasteiger partial charge >= 0.3 is 0 Å². The second kappa shape index (κ2) is 6.71. The summed E-state index contributed by atoms with van der Waals surface area (Å²) in [5.74, 6) is 0. The van der Waals surface area contributed by atoms with Crippen molar-refractivity contribution in [2.45, 2.75) is 57.0 Å². The molecule has 1 N–H and O–H groups in total. The fourth-order valence-corrected chi connectivity index (χ4v) is 3.38. The van der Waals surface area contributed by atoms with Gasteiger partial charge in [0.1, 0.15) is 0 Å². The molecule has 2 fully saturated rings. The monoisotopic (exact) mass is 269 g/mol. The molecule has 0 spiro atoms. The van der Waals surface area contributed by atoms with Crippen LogP contribution in [0.5, 0.6) is 0 Å². The smallest absolute Gasteiger partial charge is 0.168 e. The highest BCUT2D eigenvalue weighted by atomic mass is 32.1. The predicted molar refractivity (Wildman–Crippen MR) is 80.9 cm³/mol. The van der Waals surface area contributed by atoms with E-state index in [1.807, 2.05) is 0 Å². The zero-order valence-corrected chi connectivity index (χ0v) is 12.6. The minimum absolute atomic E-state index is 0.620. The number of rotatable bonds is 3. The summed E-state index contributed by atoms with van der Waals surface area (Å²) < 4.78 is 0. The second-order valence-corrected chi connectivity index (χ2v) is 6.33. The summed E-state index contributed by atoms with van der Waals surface area (Å²) in [6, 6.07) is 1.30. The van der Waals surface area contributed by atoms with E-state index in [-0.39, 0.29) is 0 Å². The first kappa shape index (κ1) is 14.1. The largest absolute Gasteiger partial charge is 0.360 e. The molecule has 0 bridgehead atoms. The minimum Gasteiger partial charge on any atom is -0.360 e. The standard InChI is InChI=1S/C14H27N3S/c1-16-10-6-9-13(16)11-17(2)14(18)15-12-7-4-3-5-8-12/h12-13H,3-11H2,1-2H3,(H,15,18). The van der Waals surface area contributed by atoms with Gasteiger partial charge in [0, 0.05) is 25.7 Å². The topological polar surface area (TPSA) is 18.5 Å². The molecule has 2 rings (SSSR count). The molecule has 1 aliphatic carbocycles. The van der Waals surface area contributed by atoms with Crippen molar-refractivity contribution in [3.05, 3.63) is 0 Å². The van der Waals surface area contributed by atoms with Gasteiger partial charge in [0.15, 0.2) is 5.11 Å². The van der Waals surface area contributed by atoms with Crippen molar-refractivity contribution in [1.82, 2.24) is 15.1 Å². The summed E-state index contributed by atoms with van der Waals surface area (Å²) >= 11 is 5.53. The van der Waals surface area contributed by atoms with Crippen LogP contribution in [0.25, 0.3) is 0 Å². The van der Waals surface area contributed by atoms with Crippen molar-refractivity contribution in [2.24, 2.45) is 0 Å². The van der Waals surface area contributed by atoms with Gasteiger partial charge < -0.3 is 15.1 Å².